The number of hydrogen-bond donors (Lipinski definition) is 2. The van der Waals surface area contributed by atoms with Gasteiger partial charge >= 0.3 is 5.97 Å². The fourth-order valence-electron chi connectivity index (χ4n) is 10.3. The topological polar surface area (TPSA) is 168 Å². The number of esters is 1. The number of carbonyl (C=O) groups is 5. The zero-order valence-corrected chi connectivity index (χ0v) is 40.4. The monoisotopic (exact) mass is 929 g/mol. The molecule has 2 aromatic heterocycles. The predicted octanol–water partition coefficient (Wildman–Crippen LogP) is 5.13. The van der Waals surface area contributed by atoms with Crippen LogP contribution in [0.15, 0.2) is 49.2 Å². The summed E-state index contributed by atoms with van der Waals surface area (Å²) in [6.07, 6.45) is 3.32. The zero-order chi connectivity index (χ0) is 48.4. The quantitative estimate of drug-likeness (QED) is 0.204. The van der Waals surface area contributed by atoms with E-state index in [4.69, 9.17) is 19.2 Å². The minimum atomic E-state index is -2.29. The summed E-state index contributed by atoms with van der Waals surface area (Å²) in [5.74, 6) is -3.24. The lowest BCUT2D eigenvalue weighted by atomic mass is 9.84. The number of hydrogen-bond acceptors (Lipinski definition) is 11. The molecule has 3 saturated heterocycles. The molecule has 6 heterocycles. The number of cyclic esters (lactones) is 1. The zero-order valence-electron chi connectivity index (χ0n) is 40.4. The van der Waals surface area contributed by atoms with Crippen LogP contribution in [0.5, 0.6) is 0 Å². The van der Waals surface area contributed by atoms with E-state index >= 15 is 4.39 Å². The molecule has 6 bridgehead atoms. The van der Waals surface area contributed by atoms with Crippen molar-refractivity contribution in [3.05, 3.63) is 60.4 Å². The number of morpholine rings is 1. The number of amides is 4. The second-order valence-corrected chi connectivity index (χ2v) is 19.7. The number of benzene rings is 1. The molecule has 4 aliphatic rings. The second-order valence-electron chi connectivity index (χ2n) is 19.7. The fraction of sp³-hybridized carbons (Fsp3) is 0.600. The Balaban J connectivity index is 1.24. The van der Waals surface area contributed by atoms with Crippen molar-refractivity contribution in [1.29, 1.82) is 0 Å². The SMILES string of the molecule is C=CC(=O)N1CCC(F)(C(=O)N(C)[C@H](C(=O)N[C@H]2C[C@H]3CN(CCO3)c3ccc4c(c3)c(c(-c3cccnc3[C@H](C)OC)n4CC)CC(C)(C)COC(=O)[C@@H]3CCCN(N3)C2=O)C(C)C)CC1. The van der Waals surface area contributed by atoms with Gasteiger partial charge in [-0.05, 0) is 81.0 Å². The molecule has 2 N–H and O–H groups in total. The van der Waals surface area contributed by atoms with Gasteiger partial charge < -0.3 is 38.8 Å². The third kappa shape index (κ3) is 10.4. The van der Waals surface area contributed by atoms with Crippen LogP contribution in [0.4, 0.5) is 10.1 Å². The van der Waals surface area contributed by atoms with Gasteiger partial charge in [0.25, 0.3) is 11.8 Å². The van der Waals surface area contributed by atoms with Gasteiger partial charge in [0.15, 0.2) is 5.67 Å². The van der Waals surface area contributed by atoms with E-state index in [2.05, 4.69) is 71.8 Å². The fourth-order valence-corrected chi connectivity index (χ4v) is 10.3. The molecule has 3 aromatic rings. The maximum absolute atomic E-state index is 16.4. The van der Waals surface area contributed by atoms with Crippen molar-refractivity contribution in [2.45, 2.75) is 123 Å². The highest BCUT2D eigenvalue weighted by molar-refractivity contribution is 5.96. The first kappa shape index (κ1) is 49.5. The molecule has 3 fully saturated rings. The number of nitrogens with one attached hydrogen (secondary N) is 2. The highest BCUT2D eigenvalue weighted by Crippen LogP contribution is 2.42. The molecule has 0 unspecified atom stereocenters. The maximum Gasteiger partial charge on any atom is 0.324 e. The van der Waals surface area contributed by atoms with Crippen LogP contribution in [0.3, 0.4) is 0 Å². The number of carbonyl (C=O) groups excluding carboxylic acids is 5. The van der Waals surface area contributed by atoms with Gasteiger partial charge in [0, 0.05) is 106 Å². The summed E-state index contributed by atoms with van der Waals surface area (Å²) < 4.78 is 37.0. The van der Waals surface area contributed by atoms with Gasteiger partial charge in [0.2, 0.25) is 11.8 Å². The van der Waals surface area contributed by atoms with Crippen LogP contribution in [0, 0.1) is 11.3 Å². The van der Waals surface area contributed by atoms with E-state index in [9.17, 15) is 24.0 Å². The number of likely N-dealkylation sites (N-methyl/N-ethyl adjacent to an activating group) is 1. The Kier molecular flexibility index (Phi) is 15.1. The van der Waals surface area contributed by atoms with Gasteiger partial charge in [-0.25, -0.2) is 9.82 Å². The summed E-state index contributed by atoms with van der Waals surface area (Å²) in [5.41, 5.74) is 6.27. The molecule has 0 radical (unpaired) electrons. The molecular formula is C50H69FN8O8. The molecular weight excluding hydrogens is 860 g/mol. The third-order valence-electron chi connectivity index (χ3n) is 14.0. The normalized spacial score (nSPS) is 23.3. The summed E-state index contributed by atoms with van der Waals surface area (Å²) in [6, 6.07) is 7.40. The molecule has 364 valence electrons. The number of anilines is 1. The van der Waals surface area contributed by atoms with Crippen LogP contribution < -0.4 is 15.6 Å². The van der Waals surface area contributed by atoms with E-state index in [1.807, 2.05) is 13.0 Å². The summed E-state index contributed by atoms with van der Waals surface area (Å²) >= 11 is 0. The van der Waals surface area contributed by atoms with Gasteiger partial charge in [-0.1, -0.05) is 34.3 Å². The van der Waals surface area contributed by atoms with Crippen LogP contribution >= 0.6 is 0 Å². The maximum atomic E-state index is 16.4. The molecule has 4 aliphatic heterocycles. The minimum Gasteiger partial charge on any atom is -0.464 e. The number of hydrazine groups is 1. The lowest BCUT2D eigenvalue weighted by Crippen LogP contribution is -2.63. The molecule has 0 aliphatic carbocycles. The number of rotatable bonds is 10. The Morgan fingerprint density at radius 2 is 1.87 bits per heavy atom. The van der Waals surface area contributed by atoms with E-state index < -0.39 is 64.9 Å². The highest BCUT2D eigenvalue weighted by atomic mass is 19.1. The van der Waals surface area contributed by atoms with Gasteiger partial charge in [-0.3, -0.25) is 34.0 Å². The molecule has 1 aromatic carbocycles. The number of alkyl halides is 1. The number of methoxy groups -OCH3 is 1. The Morgan fingerprint density at radius 3 is 2.55 bits per heavy atom. The van der Waals surface area contributed by atoms with E-state index in [0.29, 0.717) is 45.5 Å². The molecule has 4 amide bonds. The summed E-state index contributed by atoms with van der Waals surface area (Å²) in [7, 11) is 3.08. The van der Waals surface area contributed by atoms with Crippen molar-refractivity contribution in [1.82, 2.24) is 35.1 Å². The molecule has 7 rings (SSSR count). The number of aromatic nitrogens is 2. The van der Waals surface area contributed by atoms with Crippen LogP contribution in [0.1, 0.15) is 91.0 Å². The second kappa shape index (κ2) is 20.5. The molecule has 16 nitrogen and oxygen atoms in total. The first-order valence-corrected chi connectivity index (χ1v) is 23.8. The lowest BCUT2D eigenvalue weighted by molar-refractivity contribution is -0.156. The third-order valence-corrected chi connectivity index (χ3v) is 14.0. The first-order chi connectivity index (χ1) is 31.9. The largest absolute Gasteiger partial charge is 0.464 e. The van der Waals surface area contributed by atoms with Crippen molar-refractivity contribution in [3.63, 3.8) is 0 Å². The number of piperidine rings is 1. The summed E-state index contributed by atoms with van der Waals surface area (Å²) in [5, 5.41) is 5.41. The average Bonchev–Trinajstić information content (AvgIpc) is 3.63. The number of pyridine rings is 1. The first-order valence-electron chi connectivity index (χ1n) is 23.8. The van der Waals surface area contributed by atoms with Crippen LogP contribution in [0.2, 0.25) is 0 Å². The summed E-state index contributed by atoms with van der Waals surface area (Å²) in [4.78, 5) is 78.9. The molecule has 5 atom stereocenters. The molecule has 67 heavy (non-hydrogen) atoms. The Bertz CT molecular complexity index is 2340. The summed E-state index contributed by atoms with van der Waals surface area (Å²) in [6.45, 7) is 17.8. The number of halogens is 1. The molecule has 0 spiro atoms. The molecule has 0 saturated carbocycles. The number of likely N-dealkylation sites (tertiary alicyclic amines) is 1. The Labute approximate surface area is 393 Å². The number of fused-ring (bicyclic) bond motifs is 6. The van der Waals surface area contributed by atoms with Crippen LogP contribution in [-0.2, 0) is 51.1 Å². The average molecular weight is 929 g/mol. The van der Waals surface area contributed by atoms with E-state index in [-0.39, 0.29) is 57.5 Å². The lowest BCUT2D eigenvalue weighted by Gasteiger charge is -2.41. The highest BCUT2D eigenvalue weighted by Gasteiger charge is 2.47. The number of ether oxygens (including phenoxy) is 3. The molecule has 17 heteroatoms. The van der Waals surface area contributed by atoms with Gasteiger partial charge in [0.05, 0.1) is 36.8 Å². The van der Waals surface area contributed by atoms with Gasteiger partial charge in [-0.15, -0.1) is 0 Å². The van der Waals surface area contributed by atoms with Crippen LogP contribution in [0.25, 0.3) is 22.2 Å². The van der Waals surface area contributed by atoms with E-state index in [1.54, 1.807) is 27.2 Å². The number of nitrogens with zero attached hydrogens (tertiary/aromatic N) is 6. The van der Waals surface area contributed by atoms with Crippen molar-refractivity contribution < 1.29 is 42.6 Å². The van der Waals surface area contributed by atoms with Crippen molar-refractivity contribution >= 4 is 46.2 Å². The standard InChI is InChI=1S/C50H69FN8O8/c1-10-41(60)56-22-18-50(51,19-23-56)48(64)55(8)43(31(3)4)45(61)53-39-27-34-29-57(24-25-66-34)33-16-17-40-36(26-33)37(44(58(40)11-2)35-14-12-20-52-42(35)32(5)65-9)28-49(6,7)30-67-47(63)38-15-13-21-59(54-38)46(39)62/h10,12,14,16-17,20,26,31-32,34,38-39,43,54H,1,11,13,15,18-19,21-25,27-30H2,2-9H3,(H,53,61)/t32-,34-,38-,39-,43-/m0/s1. The Morgan fingerprint density at radius 1 is 1.12 bits per heavy atom. The van der Waals surface area contributed by atoms with Crippen molar-refractivity contribution in [2.24, 2.45) is 11.3 Å². The van der Waals surface area contributed by atoms with Crippen molar-refractivity contribution in [2.75, 3.05) is 65.0 Å². The predicted molar refractivity (Wildman–Crippen MR) is 252 cm³/mol. The van der Waals surface area contributed by atoms with Crippen molar-refractivity contribution in [3.8, 4) is 11.3 Å². The van der Waals surface area contributed by atoms with Crippen LogP contribution in [-0.4, -0.2) is 144 Å². The smallest absolute Gasteiger partial charge is 0.324 e. The van der Waals surface area contributed by atoms with E-state index in [0.717, 1.165) is 50.1 Å². The van der Waals surface area contributed by atoms with Gasteiger partial charge in [0.1, 0.15) is 18.1 Å². The number of aryl methyl sites for hydroxylation is 1. The van der Waals surface area contributed by atoms with E-state index in [1.165, 1.54) is 17.0 Å². The Hall–Kier alpha value is -5.39. The minimum absolute atomic E-state index is 0.0333. The van der Waals surface area contributed by atoms with Gasteiger partial charge in [-0.2, -0.15) is 0 Å².